The lowest BCUT2D eigenvalue weighted by Crippen LogP contribution is -2.40. The van der Waals surface area contributed by atoms with Crippen molar-refractivity contribution in [2.45, 2.75) is 25.1 Å². The fourth-order valence-corrected chi connectivity index (χ4v) is 5.14. The maximum atomic E-state index is 13.0. The Hall–Kier alpha value is -2.26. The molecule has 0 N–H and O–H groups in total. The van der Waals surface area contributed by atoms with E-state index in [0.29, 0.717) is 16.1 Å². The third-order valence-corrected chi connectivity index (χ3v) is 7.43. The Labute approximate surface area is 162 Å². The van der Waals surface area contributed by atoms with E-state index in [1.54, 1.807) is 23.9 Å². The summed E-state index contributed by atoms with van der Waals surface area (Å²) in [4.78, 5) is 0. The number of halogens is 3. The van der Waals surface area contributed by atoms with Crippen molar-refractivity contribution >= 4 is 34.3 Å². The molecule has 0 spiro atoms. The summed E-state index contributed by atoms with van der Waals surface area (Å²) in [5, 5.41) is 1.14. The van der Waals surface area contributed by atoms with E-state index in [4.69, 9.17) is 4.18 Å². The average Bonchev–Trinajstić information content (AvgIpc) is 2.91. The van der Waals surface area contributed by atoms with Crippen LogP contribution in [0.2, 0.25) is 19.6 Å². The molecular weight excluding hydrogens is 407 g/mol. The molecule has 0 unspecified atom stereocenters. The van der Waals surface area contributed by atoms with Crippen LogP contribution >= 0.6 is 0 Å². The molecule has 0 saturated carbocycles. The molecule has 0 bridgehead atoms. The molecule has 0 amide bonds. The van der Waals surface area contributed by atoms with Crippen molar-refractivity contribution in [3.8, 4) is 16.9 Å². The quantitative estimate of drug-likeness (QED) is 0.347. The summed E-state index contributed by atoms with van der Waals surface area (Å²) in [6.45, 7) is 5.76. The minimum Gasteiger partial charge on any atom is -0.374 e. The number of nitrogens with zero attached hydrogens (tertiary/aromatic N) is 1. The van der Waals surface area contributed by atoms with Crippen LogP contribution in [0.25, 0.3) is 22.0 Å². The molecule has 0 radical (unpaired) electrons. The van der Waals surface area contributed by atoms with Gasteiger partial charge in [-0.25, -0.2) is 0 Å². The lowest BCUT2D eigenvalue weighted by atomic mass is 10.0. The van der Waals surface area contributed by atoms with Crippen LogP contribution in [0.1, 0.15) is 0 Å². The van der Waals surface area contributed by atoms with Crippen LogP contribution in [-0.2, 0) is 17.2 Å². The van der Waals surface area contributed by atoms with Gasteiger partial charge in [0.2, 0.25) is 0 Å². The Morgan fingerprint density at radius 1 is 1.00 bits per heavy atom. The zero-order valence-corrected chi connectivity index (χ0v) is 17.6. The number of fused-ring (bicyclic) bond motifs is 1. The maximum Gasteiger partial charge on any atom is 0.534 e. The number of aryl methyl sites for hydroxylation is 1. The third kappa shape index (κ3) is 3.56. The Morgan fingerprint density at radius 3 is 2.14 bits per heavy atom. The van der Waals surface area contributed by atoms with Gasteiger partial charge in [0, 0.05) is 24.2 Å². The predicted octanol–water partition coefficient (Wildman–Crippen LogP) is 4.62. The van der Waals surface area contributed by atoms with E-state index in [1.807, 2.05) is 56.0 Å². The van der Waals surface area contributed by atoms with E-state index in [1.165, 1.54) is 0 Å². The van der Waals surface area contributed by atoms with Crippen LogP contribution in [0.15, 0.2) is 48.7 Å². The van der Waals surface area contributed by atoms with Crippen LogP contribution in [0, 0.1) is 0 Å². The van der Waals surface area contributed by atoms with Crippen LogP contribution < -0.4 is 9.37 Å². The number of hydrogen-bond donors (Lipinski definition) is 0. The minimum absolute atomic E-state index is 0.237. The maximum absolute atomic E-state index is 13.0. The largest absolute Gasteiger partial charge is 0.534 e. The van der Waals surface area contributed by atoms with Gasteiger partial charge in [0.05, 0.1) is 13.6 Å². The second-order valence-corrected chi connectivity index (χ2v) is 14.2. The highest BCUT2D eigenvalue weighted by molar-refractivity contribution is 7.88. The van der Waals surface area contributed by atoms with Crippen molar-refractivity contribution in [3.05, 3.63) is 48.7 Å². The summed E-state index contributed by atoms with van der Waals surface area (Å²) in [5.74, 6) is -0.237. The molecule has 0 fully saturated rings. The first-order chi connectivity index (χ1) is 12.8. The Kier molecular flexibility index (Phi) is 4.87. The Balaban J connectivity index is 2.35. The van der Waals surface area contributed by atoms with E-state index in [9.17, 15) is 21.6 Å². The summed E-state index contributed by atoms with van der Waals surface area (Å²) < 4.78 is 69.0. The second-order valence-electron chi connectivity index (χ2n) is 7.59. The van der Waals surface area contributed by atoms with E-state index >= 15 is 0 Å². The van der Waals surface area contributed by atoms with Crippen molar-refractivity contribution in [3.63, 3.8) is 0 Å². The molecule has 0 aliphatic heterocycles. The first kappa shape index (κ1) is 20.5. The van der Waals surface area contributed by atoms with Crippen molar-refractivity contribution in [2.24, 2.45) is 7.05 Å². The summed E-state index contributed by atoms with van der Waals surface area (Å²) in [6, 6.07) is 12.8. The average molecular weight is 428 g/mol. The number of hydrogen-bond acceptors (Lipinski definition) is 3. The molecule has 0 aliphatic rings. The van der Waals surface area contributed by atoms with E-state index in [0.717, 1.165) is 11.1 Å². The van der Waals surface area contributed by atoms with Crippen molar-refractivity contribution in [2.75, 3.05) is 0 Å². The van der Waals surface area contributed by atoms with Gasteiger partial charge in [-0.2, -0.15) is 21.6 Å². The SMILES string of the molecule is Cn1cc(-c2ccccc2)c2ccc([Si](C)(C)C)c(OS(=O)(=O)C(F)(F)F)c21. The molecule has 3 aromatic rings. The molecule has 3 rings (SSSR count). The molecule has 2 aromatic carbocycles. The highest BCUT2D eigenvalue weighted by Crippen LogP contribution is 2.37. The molecule has 0 saturated heterocycles. The van der Waals surface area contributed by atoms with Gasteiger partial charge in [0.15, 0.2) is 5.75 Å². The van der Waals surface area contributed by atoms with Crippen LogP contribution in [0.3, 0.4) is 0 Å². The highest BCUT2D eigenvalue weighted by Gasteiger charge is 2.49. The zero-order chi connectivity index (χ0) is 20.9. The Bertz CT molecular complexity index is 1130. The molecule has 9 heteroatoms. The number of aromatic nitrogens is 1. The summed E-state index contributed by atoms with van der Waals surface area (Å²) in [5.41, 5.74) is -3.51. The minimum atomic E-state index is -5.79. The lowest BCUT2D eigenvalue weighted by molar-refractivity contribution is -0.0499. The van der Waals surface area contributed by atoms with Gasteiger partial charge >= 0.3 is 15.6 Å². The monoisotopic (exact) mass is 427 g/mol. The summed E-state index contributed by atoms with van der Waals surface area (Å²) in [7, 11) is -6.34. The zero-order valence-electron chi connectivity index (χ0n) is 15.8. The first-order valence-electron chi connectivity index (χ1n) is 8.51. The third-order valence-electron chi connectivity index (χ3n) is 4.47. The van der Waals surface area contributed by atoms with Crippen molar-refractivity contribution in [1.82, 2.24) is 4.57 Å². The van der Waals surface area contributed by atoms with Gasteiger partial charge in [0.1, 0.15) is 0 Å². The standard InChI is InChI=1S/C19H20F3NO3SSi/c1-23-12-15(13-8-6-5-7-9-13)14-10-11-16(28(2,3)4)18(17(14)23)26-27(24,25)19(20,21)22/h5-12H,1-4H3. The number of rotatable bonds is 4. The second kappa shape index (κ2) is 6.66. The smallest absolute Gasteiger partial charge is 0.374 e. The van der Waals surface area contributed by atoms with Crippen molar-refractivity contribution < 1.29 is 25.8 Å². The van der Waals surface area contributed by atoms with Gasteiger partial charge in [-0.1, -0.05) is 62.1 Å². The summed E-state index contributed by atoms with van der Waals surface area (Å²) in [6.07, 6.45) is 1.76. The van der Waals surface area contributed by atoms with Gasteiger partial charge < -0.3 is 8.75 Å². The fraction of sp³-hybridized carbons (Fsp3) is 0.263. The van der Waals surface area contributed by atoms with Gasteiger partial charge in [-0.05, 0) is 10.8 Å². The number of alkyl halides is 3. The van der Waals surface area contributed by atoms with Crippen LogP contribution in [0.4, 0.5) is 13.2 Å². The molecule has 150 valence electrons. The number of benzene rings is 2. The lowest BCUT2D eigenvalue weighted by Gasteiger charge is -2.22. The molecule has 28 heavy (non-hydrogen) atoms. The van der Waals surface area contributed by atoms with Gasteiger partial charge in [0.25, 0.3) is 0 Å². The molecule has 1 aromatic heterocycles. The molecule has 4 nitrogen and oxygen atoms in total. The van der Waals surface area contributed by atoms with Gasteiger partial charge in [-0.3, -0.25) is 0 Å². The highest BCUT2D eigenvalue weighted by atomic mass is 32.2. The summed E-state index contributed by atoms with van der Waals surface area (Å²) >= 11 is 0. The molecule has 0 atom stereocenters. The molecule has 0 aliphatic carbocycles. The van der Waals surface area contributed by atoms with E-state index in [2.05, 4.69) is 0 Å². The van der Waals surface area contributed by atoms with E-state index in [-0.39, 0.29) is 5.75 Å². The van der Waals surface area contributed by atoms with Crippen LogP contribution in [0.5, 0.6) is 5.75 Å². The predicted molar refractivity (Wildman–Crippen MR) is 107 cm³/mol. The fourth-order valence-electron chi connectivity index (χ4n) is 3.15. The van der Waals surface area contributed by atoms with Crippen LogP contribution in [-0.4, -0.2) is 26.6 Å². The Morgan fingerprint density at radius 2 is 1.61 bits per heavy atom. The molecule has 1 heterocycles. The molecular formula is C19H20F3NO3SSi. The topological polar surface area (TPSA) is 48.3 Å². The van der Waals surface area contributed by atoms with Crippen molar-refractivity contribution in [1.29, 1.82) is 0 Å². The van der Waals surface area contributed by atoms with Gasteiger partial charge in [-0.15, -0.1) is 0 Å². The first-order valence-corrected chi connectivity index (χ1v) is 13.4. The van der Waals surface area contributed by atoms with E-state index < -0.39 is 23.7 Å². The normalized spacial score (nSPS) is 13.1.